The molecule has 3 rings (SSSR count). The van der Waals surface area contributed by atoms with Crippen LogP contribution in [0.15, 0.2) is 48.7 Å². The van der Waals surface area contributed by atoms with E-state index in [-0.39, 0.29) is 12.6 Å². The molecule has 1 atom stereocenters. The molecule has 1 aliphatic rings. The lowest BCUT2D eigenvalue weighted by atomic mass is 10.1. The van der Waals surface area contributed by atoms with Gasteiger partial charge in [-0.1, -0.05) is 48.0 Å². The van der Waals surface area contributed by atoms with Gasteiger partial charge in [0.1, 0.15) is 11.8 Å². The fourth-order valence-electron chi connectivity index (χ4n) is 2.37. The molecular weight excluding hydrogens is 300 g/mol. The first kappa shape index (κ1) is 14.9. The number of nitrogens with one attached hydrogen (secondary N) is 1. The summed E-state index contributed by atoms with van der Waals surface area (Å²) in [5.74, 6) is 0.451. The Morgan fingerprint density at radius 2 is 2.05 bits per heavy atom. The number of carbonyl (C=O) groups is 1. The third kappa shape index (κ3) is 3.98. The number of aromatic nitrogens is 1. The molecule has 4 nitrogen and oxygen atoms in total. The average molecular weight is 317 g/mol. The molecule has 1 amide bonds. The van der Waals surface area contributed by atoms with Crippen molar-refractivity contribution in [3.05, 3.63) is 64.9 Å². The molecule has 1 aromatic heterocycles. The van der Waals surface area contributed by atoms with Crippen molar-refractivity contribution in [1.82, 2.24) is 10.3 Å². The van der Waals surface area contributed by atoms with E-state index in [1.54, 1.807) is 12.3 Å². The SMILES string of the molecule is O=C(NC(c1ccc(Cl)nc1)C1CC1)OCc1ccccc1. The van der Waals surface area contributed by atoms with Crippen LogP contribution in [0, 0.1) is 5.92 Å². The molecule has 1 aliphatic carbocycles. The van der Waals surface area contributed by atoms with Gasteiger partial charge in [0.05, 0.1) is 6.04 Å². The predicted octanol–water partition coefficient (Wildman–Crippen LogP) is 4.11. The number of ether oxygens (including phenoxy) is 1. The summed E-state index contributed by atoms with van der Waals surface area (Å²) in [6.07, 6.45) is 3.51. The highest BCUT2D eigenvalue weighted by molar-refractivity contribution is 6.29. The number of pyridine rings is 1. The molecular formula is C17H17ClN2O2. The molecule has 0 bridgehead atoms. The lowest BCUT2D eigenvalue weighted by Gasteiger charge is -2.18. The van der Waals surface area contributed by atoms with Crippen LogP contribution in [0.4, 0.5) is 4.79 Å². The summed E-state index contributed by atoms with van der Waals surface area (Å²) >= 11 is 5.81. The average Bonchev–Trinajstić information content (AvgIpc) is 3.37. The fraction of sp³-hybridized carbons (Fsp3) is 0.294. The zero-order valence-electron chi connectivity index (χ0n) is 12.0. The van der Waals surface area contributed by atoms with Crippen LogP contribution in [0.5, 0.6) is 0 Å². The van der Waals surface area contributed by atoms with Gasteiger partial charge >= 0.3 is 6.09 Å². The maximum absolute atomic E-state index is 12.0. The number of benzene rings is 1. The standard InChI is InChI=1S/C17H17ClN2O2/c18-15-9-8-14(10-19-15)16(13-6-7-13)20-17(21)22-11-12-4-2-1-3-5-12/h1-5,8-10,13,16H,6-7,11H2,(H,20,21). The van der Waals surface area contributed by atoms with E-state index < -0.39 is 6.09 Å². The second kappa shape index (κ2) is 6.79. The van der Waals surface area contributed by atoms with Gasteiger partial charge in [-0.05, 0) is 36.0 Å². The quantitative estimate of drug-likeness (QED) is 0.844. The van der Waals surface area contributed by atoms with Gasteiger partial charge in [0, 0.05) is 6.20 Å². The maximum atomic E-state index is 12.0. The Bertz CT molecular complexity index is 627. The van der Waals surface area contributed by atoms with Gasteiger partial charge < -0.3 is 10.1 Å². The molecule has 22 heavy (non-hydrogen) atoms. The Kier molecular flexibility index (Phi) is 4.59. The summed E-state index contributed by atoms with van der Waals surface area (Å²) < 4.78 is 5.29. The predicted molar refractivity (Wildman–Crippen MR) is 84.5 cm³/mol. The van der Waals surface area contributed by atoms with Crippen molar-refractivity contribution < 1.29 is 9.53 Å². The van der Waals surface area contributed by atoms with E-state index >= 15 is 0 Å². The summed E-state index contributed by atoms with van der Waals surface area (Å²) in [5, 5.41) is 3.39. The molecule has 1 aromatic carbocycles. The second-order valence-corrected chi connectivity index (χ2v) is 5.82. The van der Waals surface area contributed by atoms with Crippen LogP contribution in [0.2, 0.25) is 5.15 Å². The number of rotatable bonds is 5. The Hall–Kier alpha value is -2.07. The van der Waals surface area contributed by atoms with Crippen LogP contribution in [0.3, 0.4) is 0 Å². The van der Waals surface area contributed by atoms with E-state index in [0.717, 1.165) is 24.0 Å². The monoisotopic (exact) mass is 316 g/mol. The summed E-state index contributed by atoms with van der Waals surface area (Å²) in [6.45, 7) is 0.267. The highest BCUT2D eigenvalue weighted by atomic mass is 35.5. The second-order valence-electron chi connectivity index (χ2n) is 5.44. The van der Waals surface area contributed by atoms with Crippen molar-refractivity contribution in [2.24, 2.45) is 5.92 Å². The number of amides is 1. The minimum atomic E-state index is -0.407. The highest BCUT2D eigenvalue weighted by Crippen LogP contribution is 2.41. The van der Waals surface area contributed by atoms with E-state index in [9.17, 15) is 4.79 Å². The van der Waals surface area contributed by atoms with Gasteiger partial charge in [-0.15, -0.1) is 0 Å². The molecule has 1 unspecified atom stereocenters. The van der Waals surface area contributed by atoms with Crippen LogP contribution < -0.4 is 5.32 Å². The van der Waals surface area contributed by atoms with E-state index in [0.29, 0.717) is 11.1 Å². The molecule has 1 fully saturated rings. The molecule has 0 saturated heterocycles. The van der Waals surface area contributed by atoms with Crippen molar-refractivity contribution in [2.75, 3.05) is 0 Å². The lowest BCUT2D eigenvalue weighted by molar-refractivity contribution is 0.134. The van der Waals surface area contributed by atoms with Crippen molar-refractivity contribution in [3.63, 3.8) is 0 Å². The van der Waals surface area contributed by atoms with Gasteiger partial charge in [0.25, 0.3) is 0 Å². The Balaban J connectivity index is 1.59. The zero-order chi connectivity index (χ0) is 15.4. The van der Waals surface area contributed by atoms with Gasteiger partial charge in [-0.25, -0.2) is 9.78 Å². The maximum Gasteiger partial charge on any atom is 0.407 e. The highest BCUT2D eigenvalue weighted by Gasteiger charge is 2.34. The van der Waals surface area contributed by atoms with Gasteiger partial charge in [0.15, 0.2) is 0 Å². The Labute approximate surface area is 134 Å². The number of halogens is 1. The number of hydrogen-bond acceptors (Lipinski definition) is 3. The zero-order valence-corrected chi connectivity index (χ0v) is 12.8. The van der Waals surface area contributed by atoms with Crippen LogP contribution in [0.25, 0.3) is 0 Å². The number of alkyl carbamates (subject to hydrolysis) is 1. The van der Waals surface area contributed by atoms with Crippen molar-refractivity contribution in [3.8, 4) is 0 Å². The summed E-state index contributed by atoms with van der Waals surface area (Å²) in [4.78, 5) is 16.1. The molecule has 1 N–H and O–H groups in total. The summed E-state index contributed by atoms with van der Waals surface area (Å²) in [7, 11) is 0. The minimum absolute atomic E-state index is 0.0620. The van der Waals surface area contributed by atoms with Crippen LogP contribution in [0.1, 0.15) is 30.0 Å². The van der Waals surface area contributed by atoms with Gasteiger partial charge in [-0.3, -0.25) is 0 Å². The molecule has 0 spiro atoms. The first-order chi connectivity index (χ1) is 10.7. The van der Waals surface area contributed by atoms with Gasteiger partial charge in [-0.2, -0.15) is 0 Å². The molecule has 5 heteroatoms. The number of nitrogens with zero attached hydrogens (tertiary/aromatic N) is 1. The van der Waals surface area contributed by atoms with Crippen LogP contribution >= 0.6 is 11.6 Å². The summed E-state index contributed by atoms with van der Waals surface area (Å²) in [5.41, 5.74) is 1.93. The fourth-order valence-corrected chi connectivity index (χ4v) is 2.48. The topological polar surface area (TPSA) is 51.2 Å². The van der Waals surface area contributed by atoms with Crippen molar-refractivity contribution in [1.29, 1.82) is 0 Å². The molecule has 0 radical (unpaired) electrons. The molecule has 114 valence electrons. The van der Waals surface area contributed by atoms with Gasteiger partial charge in [0.2, 0.25) is 0 Å². The smallest absolute Gasteiger partial charge is 0.407 e. The minimum Gasteiger partial charge on any atom is -0.445 e. The molecule has 1 heterocycles. The number of hydrogen-bond donors (Lipinski definition) is 1. The normalized spacial score (nSPS) is 15.1. The summed E-state index contributed by atoms with van der Waals surface area (Å²) in [6, 6.07) is 13.2. The first-order valence-corrected chi connectivity index (χ1v) is 7.69. The third-order valence-electron chi connectivity index (χ3n) is 3.69. The molecule has 2 aromatic rings. The molecule has 0 aliphatic heterocycles. The molecule has 1 saturated carbocycles. The number of carbonyl (C=O) groups excluding carboxylic acids is 1. The first-order valence-electron chi connectivity index (χ1n) is 7.31. The Morgan fingerprint density at radius 1 is 1.27 bits per heavy atom. The lowest BCUT2D eigenvalue weighted by Crippen LogP contribution is -2.30. The van der Waals surface area contributed by atoms with Crippen molar-refractivity contribution >= 4 is 17.7 Å². The van der Waals surface area contributed by atoms with Crippen molar-refractivity contribution in [2.45, 2.75) is 25.5 Å². The van der Waals surface area contributed by atoms with E-state index in [1.165, 1.54) is 0 Å². The van der Waals surface area contributed by atoms with E-state index in [4.69, 9.17) is 16.3 Å². The van der Waals surface area contributed by atoms with E-state index in [2.05, 4.69) is 10.3 Å². The van der Waals surface area contributed by atoms with Crippen LogP contribution in [-0.2, 0) is 11.3 Å². The van der Waals surface area contributed by atoms with E-state index in [1.807, 2.05) is 36.4 Å². The largest absolute Gasteiger partial charge is 0.445 e. The van der Waals surface area contributed by atoms with Crippen LogP contribution in [-0.4, -0.2) is 11.1 Å². The third-order valence-corrected chi connectivity index (χ3v) is 3.91. The Morgan fingerprint density at radius 3 is 2.68 bits per heavy atom.